The van der Waals surface area contributed by atoms with Gasteiger partial charge in [-0.05, 0) is 19.9 Å². The van der Waals surface area contributed by atoms with Crippen molar-refractivity contribution in [1.29, 1.82) is 0 Å². The zero-order valence-corrected chi connectivity index (χ0v) is 11.5. The lowest BCUT2D eigenvalue weighted by Gasteiger charge is -2.13. The molecule has 1 aromatic heterocycles. The molecule has 1 aromatic rings. The molecule has 0 aliphatic carbocycles. The highest BCUT2D eigenvalue weighted by molar-refractivity contribution is 7.12. The third-order valence-electron chi connectivity index (χ3n) is 2.51. The normalized spacial score (nSPS) is 12.2. The summed E-state index contributed by atoms with van der Waals surface area (Å²) in [5.41, 5.74) is 0.641. The summed E-state index contributed by atoms with van der Waals surface area (Å²) >= 11 is 1.56. The van der Waals surface area contributed by atoms with E-state index in [9.17, 15) is 9.59 Å². The molecule has 1 amide bonds. The van der Waals surface area contributed by atoms with Crippen LogP contribution in [0.2, 0.25) is 0 Å². The highest BCUT2D eigenvalue weighted by Gasteiger charge is 2.16. The fourth-order valence-corrected chi connectivity index (χ4v) is 2.51. The van der Waals surface area contributed by atoms with Crippen molar-refractivity contribution in [1.82, 2.24) is 5.32 Å². The molecule has 0 aliphatic heterocycles. The minimum Gasteiger partial charge on any atom is -0.481 e. The fourth-order valence-electron chi connectivity index (χ4n) is 1.59. The van der Waals surface area contributed by atoms with Crippen LogP contribution in [-0.2, 0) is 9.53 Å². The van der Waals surface area contributed by atoms with Crippen molar-refractivity contribution in [3.8, 4) is 0 Å². The SMILES string of the molecule is COC(CNC(=O)c1cc(C)sc1C)CC(=O)O. The molecule has 0 radical (unpaired) electrons. The highest BCUT2D eigenvalue weighted by Crippen LogP contribution is 2.20. The van der Waals surface area contributed by atoms with E-state index in [1.165, 1.54) is 7.11 Å². The maximum atomic E-state index is 11.9. The Bertz CT molecular complexity index is 441. The number of aryl methyl sites for hydroxylation is 2. The van der Waals surface area contributed by atoms with Crippen molar-refractivity contribution < 1.29 is 19.4 Å². The van der Waals surface area contributed by atoms with Gasteiger partial charge < -0.3 is 15.2 Å². The Hall–Kier alpha value is -1.40. The lowest BCUT2D eigenvalue weighted by molar-refractivity contribution is -0.139. The number of hydrogen-bond donors (Lipinski definition) is 2. The molecule has 0 aromatic carbocycles. The predicted molar refractivity (Wildman–Crippen MR) is 69.2 cm³/mol. The van der Waals surface area contributed by atoms with E-state index in [-0.39, 0.29) is 18.9 Å². The Labute approximate surface area is 110 Å². The Balaban J connectivity index is 2.55. The van der Waals surface area contributed by atoms with Gasteiger partial charge in [-0.2, -0.15) is 0 Å². The molecule has 100 valence electrons. The first-order chi connectivity index (χ1) is 8.43. The van der Waals surface area contributed by atoms with Crippen molar-refractivity contribution in [2.75, 3.05) is 13.7 Å². The minimum absolute atomic E-state index is 0.127. The fraction of sp³-hybridized carbons (Fsp3) is 0.500. The number of thiophene rings is 1. The largest absolute Gasteiger partial charge is 0.481 e. The number of rotatable bonds is 6. The number of methoxy groups -OCH3 is 1. The second-order valence-electron chi connectivity index (χ2n) is 3.99. The van der Waals surface area contributed by atoms with E-state index < -0.39 is 12.1 Å². The highest BCUT2D eigenvalue weighted by atomic mass is 32.1. The summed E-state index contributed by atoms with van der Waals surface area (Å²) in [7, 11) is 1.43. The van der Waals surface area contributed by atoms with E-state index in [0.29, 0.717) is 5.56 Å². The van der Waals surface area contributed by atoms with Crippen molar-refractivity contribution in [2.45, 2.75) is 26.4 Å². The Morgan fingerprint density at radius 1 is 1.50 bits per heavy atom. The van der Waals surface area contributed by atoms with Crippen LogP contribution in [-0.4, -0.2) is 36.7 Å². The second kappa shape index (κ2) is 6.51. The first kappa shape index (κ1) is 14.7. The van der Waals surface area contributed by atoms with Gasteiger partial charge in [-0.25, -0.2) is 0 Å². The summed E-state index contributed by atoms with van der Waals surface area (Å²) in [4.78, 5) is 24.5. The molecule has 0 spiro atoms. The van der Waals surface area contributed by atoms with E-state index in [0.717, 1.165) is 9.75 Å². The zero-order valence-electron chi connectivity index (χ0n) is 10.6. The van der Waals surface area contributed by atoms with Gasteiger partial charge >= 0.3 is 5.97 Å². The molecule has 0 saturated heterocycles. The van der Waals surface area contributed by atoms with Gasteiger partial charge in [-0.1, -0.05) is 0 Å². The molecule has 1 atom stereocenters. The van der Waals surface area contributed by atoms with E-state index in [4.69, 9.17) is 9.84 Å². The summed E-state index contributed by atoms with van der Waals surface area (Å²) in [5, 5.41) is 11.3. The molecular weight excluding hydrogens is 254 g/mol. The van der Waals surface area contributed by atoms with Gasteiger partial charge in [-0.15, -0.1) is 11.3 Å². The van der Waals surface area contributed by atoms with Crippen LogP contribution in [0.4, 0.5) is 0 Å². The van der Waals surface area contributed by atoms with Crippen LogP contribution in [0.1, 0.15) is 26.5 Å². The molecule has 5 nitrogen and oxygen atoms in total. The molecule has 0 bridgehead atoms. The lowest BCUT2D eigenvalue weighted by atomic mass is 10.2. The van der Waals surface area contributed by atoms with Crippen LogP contribution in [0.5, 0.6) is 0 Å². The third-order valence-corrected chi connectivity index (χ3v) is 3.48. The van der Waals surface area contributed by atoms with Gasteiger partial charge in [0.05, 0.1) is 18.1 Å². The van der Waals surface area contributed by atoms with E-state index in [2.05, 4.69) is 5.32 Å². The third kappa shape index (κ3) is 4.12. The molecule has 0 fully saturated rings. The summed E-state index contributed by atoms with van der Waals surface area (Å²) in [6.07, 6.45) is -0.634. The average Bonchev–Trinajstić information content (AvgIpc) is 2.62. The van der Waals surface area contributed by atoms with Gasteiger partial charge in [0, 0.05) is 23.4 Å². The summed E-state index contributed by atoms with van der Waals surface area (Å²) in [6, 6.07) is 1.83. The van der Waals surface area contributed by atoms with Crippen LogP contribution in [0.3, 0.4) is 0 Å². The average molecular weight is 271 g/mol. The van der Waals surface area contributed by atoms with E-state index in [1.54, 1.807) is 11.3 Å². The number of ether oxygens (including phenoxy) is 1. The topological polar surface area (TPSA) is 75.6 Å². The molecule has 6 heteroatoms. The number of amides is 1. The number of carbonyl (C=O) groups excluding carboxylic acids is 1. The molecule has 2 N–H and O–H groups in total. The molecule has 18 heavy (non-hydrogen) atoms. The number of carboxylic acid groups (broad SMARTS) is 1. The maximum Gasteiger partial charge on any atom is 0.306 e. The standard InChI is InChI=1S/C12H17NO4S/c1-7-4-10(8(2)18-7)12(16)13-6-9(17-3)5-11(14)15/h4,9H,5-6H2,1-3H3,(H,13,16)(H,14,15). The quantitative estimate of drug-likeness (QED) is 0.823. The van der Waals surface area contributed by atoms with Crippen molar-refractivity contribution in [2.24, 2.45) is 0 Å². The van der Waals surface area contributed by atoms with Crippen molar-refractivity contribution >= 4 is 23.2 Å². The summed E-state index contributed by atoms with van der Waals surface area (Å²) < 4.78 is 4.99. The molecule has 0 aliphatic rings. The summed E-state index contributed by atoms with van der Waals surface area (Å²) in [6.45, 7) is 4.02. The smallest absolute Gasteiger partial charge is 0.306 e. The lowest BCUT2D eigenvalue weighted by Crippen LogP contribution is -2.34. The van der Waals surface area contributed by atoms with Crippen molar-refractivity contribution in [3.05, 3.63) is 21.4 Å². The van der Waals surface area contributed by atoms with Crippen LogP contribution >= 0.6 is 11.3 Å². The molecule has 1 rings (SSSR count). The molecule has 1 heterocycles. The number of carboxylic acids is 1. The van der Waals surface area contributed by atoms with Crippen LogP contribution in [0, 0.1) is 13.8 Å². The molecular formula is C12H17NO4S. The minimum atomic E-state index is -0.946. The monoisotopic (exact) mass is 271 g/mol. The van der Waals surface area contributed by atoms with Gasteiger partial charge in [0.15, 0.2) is 0 Å². The first-order valence-electron chi connectivity index (χ1n) is 5.54. The Morgan fingerprint density at radius 2 is 2.17 bits per heavy atom. The van der Waals surface area contributed by atoms with Crippen LogP contribution in [0.15, 0.2) is 6.07 Å². The van der Waals surface area contributed by atoms with Gasteiger partial charge in [0.1, 0.15) is 0 Å². The molecule has 0 saturated carbocycles. The Kier molecular flexibility index (Phi) is 5.30. The van der Waals surface area contributed by atoms with Gasteiger partial charge in [-0.3, -0.25) is 9.59 Å². The maximum absolute atomic E-state index is 11.9. The van der Waals surface area contributed by atoms with Crippen molar-refractivity contribution in [3.63, 3.8) is 0 Å². The second-order valence-corrected chi connectivity index (χ2v) is 5.45. The number of aliphatic carboxylic acids is 1. The molecule has 1 unspecified atom stereocenters. The first-order valence-corrected chi connectivity index (χ1v) is 6.35. The van der Waals surface area contributed by atoms with E-state index >= 15 is 0 Å². The van der Waals surface area contributed by atoms with Gasteiger partial charge in [0.2, 0.25) is 0 Å². The predicted octanol–water partition coefficient (Wildman–Crippen LogP) is 1.58. The Morgan fingerprint density at radius 3 is 2.61 bits per heavy atom. The van der Waals surface area contributed by atoms with Crippen LogP contribution < -0.4 is 5.32 Å². The van der Waals surface area contributed by atoms with E-state index in [1.807, 2.05) is 19.9 Å². The number of hydrogen-bond acceptors (Lipinski definition) is 4. The zero-order chi connectivity index (χ0) is 13.7. The number of nitrogens with one attached hydrogen (secondary N) is 1. The van der Waals surface area contributed by atoms with Crippen LogP contribution in [0.25, 0.3) is 0 Å². The summed E-state index contributed by atoms with van der Waals surface area (Å²) in [5.74, 6) is -1.14. The van der Waals surface area contributed by atoms with Gasteiger partial charge in [0.25, 0.3) is 5.91 Å². The number of carbonyl (C=O) groups is 2.